The van der Waals surface area contributed by atoms with E-state index in [1.807, 2.05) is 13.0 Å². The number of thiazole rings is 1. The number of benzene rings is 1. The number of ether oxygens (including phenoxy) is 2. The number of rotatable bonds is 7. The van der Waals surface area contributed by atoms with Gasteiger partial charge in [-0.2, -0.15) is 0 Å². The highest BCUT2D eigenvalue weighted by molar-refractivity contribution is 7.11. The fourth-order valence-electron chi connectivity index (χ4n) is 1.73. The topological polar surface area (TPSA) is 60.5 Å². The van der Waals surface area contributed by atoms with Crippen molar-refractivity contribution in [2.45, 2.75) is 13.5 Å². The summed E-state index contributed by atoms with van der Waals surface area (Å²) in [4.78, 5) is 17.3. The van der Waals surface area contributed by atoms with E-state index in [4.69, 9.17) is 9.47 Å². The van der Waals surface area contributed by atoms with Crippen LogP contribution in [0.15, 0.2) is 30.5 Å². The molecule has 0 aliphatic heterocycles. The second-order valence-electron chi connectivity index (χ2n) is 4.40. The molecule has 1 N–H and O–H groups in total. The van der Waals surface area contributed by atoms with E-state index in [2.05, 4.69) is 10.3 Å². The highest BCUT2D eigenvalue weighted by atomic mass is 32.1. The third-order valence-electron chi connectivity index (χ3n) is 2.74. The van der Waals surface area contributed by atoms with Gasteiger partial charge in [-0.15, -0.1) is 11.3 Å². The Balaban J connectivity index is 1.90. The van der Waals surface area contributed by atoms with Crippen LogP contribution in [0.5, 0.6) is 5.75 Å². The summed E-state index contributed by atoms with van der Waals surface area (Å²) in [6.45, 7) is 3.40. The second kappa shape index (κ2) is 7.75. The van der Waals surface area contributed by atoms with Gasteiger partial charge in [0.1, 0.15) is 12.4 Å². The van der Waals surface area contributed by atoms with Crippen LogP contribution in [0.25, 0.3) is 0 Å². The number of hydrogen-bond donors (Lipinski definition) is 1. The SMILES string of the molecule is COCCOc1cccc(C(=O)NCc2cnc(C)s2)c1. The number of carbonyl (C=O) groups excluding carboxylic acids is 1. The number of aromatic nitrogens is 1. The smallest absolute Gasteiger partial charge is 0.251 e. The van der Waals surface area contributed by atoms with E-state index in [0.717, 1.165) is 9.88 Å². The quantitative estimate of drug-likeness (QED) is 0.798. The Bertz CT molecular complexity index is 598. The third kappa shape index (κ3) is 4.84. The van der Waals surface area contributed by atoms with Crippen LogP contribution in [0.1, 0.15) is 20.2 Å². The lowest BCUT2D eigenvalue weighted by Crippen LogP contribution is -2.22. The Labute approximate surface area is 127 Å². The molecule has 2 aromatic rings. The first-order chi connectivity index (χ1) is 10.2. The number of nitrogens with zero attached hydrogens (tertiary/aromatic N) is 1. The van der Waals surface area contributed by atoms with Gasteiger partial charge in [-0.1, -0.05) is 6.07 Å². The molecule has 1 amide bonds. The number of nitrogens with one attached hydrogen (secondary N) is 1. The molecule has 0 saturated carbocycles. The summed E-state index contributed by atoms with van der Waals surface area (Å²) in [6, 6.07) is 7.10. The van der Waals surface area contributed by atoms with E-state index >= 15 is 0 Å². The van der Waals surface area contributed by atoms with Gasteiger partial charge in [0.05, 0.1) is 18.2 Å². The molecule has 2 rings (SSSR count). The van der Waals surface area contributed by atoms with Gasteiger partial charge >= 0.3 is 0 Å². The van der Waals surface area contributed by atoms with Crippen LogP contribution < -0.4 is 10.1 Å². The normalized spacial score (nSPS) is 10.4. The van der Waals surface area contributed by atoms with Gasteiger partial charge in [0.2, 0.25) is 0 Å². The average molecular weight is 306 g/mol. The fraction of sp³-hybridized carbons (Fsp3) is 0.333. The summed E-state index contributed by atoms with van der Waals surface area (Å²) < 4.78 is 10.4. The molecule has 0 unspecified atom stereocenters. The maximum absolute atomic E-state index is 12.1. The third-order valence-corrected chi connectivity index (χ3v) is 3.66. The van der Waals surface area contributed by atoms with Gasteiger partial charge < -0.3 is 14.8 Å². The van der Waals surface area contributed by atoms with E-state index in [1.165, 1.54) is 0 Å². The van der Waals surface area contributed by atoms with Gasteiger partial charge in [0.25, 0.3) is 5.91 Å². The van der Waals surface area contributed by atoms with Crippen LogP contribution >= 0.6 is 11.3 Å². The van der Waals surface area contributed by atoms with E-state index in [1.54, 1.807) is 42.8 Å². The Morgan fingerprint density at radius 3 is 2.95 bits per heavy atom. The average Bonchev–Trinajstić information content (AvgIpc) is 2.91. The molecule has 0 atom stereocenters. The Kier molecular flexibility index (Phi) is 5.71. The molecule has 112 valence electrons. The van der Waals surface area contributed by atoms with Gasteiger partial charge in [-0.25, -0.2) is 4.98 Å². The maximum Gasteiger partial charge on any atom is 0.251 e. The predicted molar refractivity (Wildman–Crippen MR) is 81.8 cm³/mol. The number of methoxy groups -OCH3 is 1. The number of carbonyl (C=O) groups is 1. The van der Waals surface area contributed by atoms with Crippen molar-refractivity contribution in [3.8, 4) is 5.75 Å². The highest BCUT2D eigenvalue weighted by Crippen LogP contribution is 2.14. The van der Waals surface area contributed by atoms with Crippen molar-refractivity contribution in [2.75, 3.05) is 20.3 Å². The van der Waals surface area contributed by atoms with Crippen molar-refractivity contribution in [1.82, 2.24) is 10.3 Å². The van der Waals surface area contributed by atoms with E-state index in [9.17, 15) is 4.79 Å². The molecule has 0 radical (unpaired) electrons. The molecule has 1 aromatic carbocycles. The van der Waals surface area contributed by atoms with Gasteiger partial charge in [-0.05, 0) is 25.1 Å². The lowest BCUT2D eigenvalue weighted by Gasteiger charge is -2.08. The Hall–Kier alpha value is -1.92. The van der Waals surface area contributed by atoms with Crippen molar-refractivity contribution < 1.29 is 14.3 Å². The summed E-state index contributed by atoms with van der Waals surface area (Å²) in [7, 11) is 1.62. The summed E-state index contributed by atoms with van der Waals surface area (Å²) in [5, 5.41) is 3.87. The van der Waals surface area contributed by atoms with Crippen molar-refractivity contribution >= 4 is 17.2 Å². The van der Waals surface area contributed by atoms with E-state index in [0.29, 0.717) is 31.1 Å². The molecular weight excluding hydrogens is 288 g/mol. The van der Waals surface area contributed by atoms with Crippen molar-refractivity contribution in [3.63, 3.8) is 0 Å². The van der Waals surface area contributed by atoms with Crippen LogP contribution in [0.2, 0.25) is 0 Å². The molecule has 6 heteroatoms. The van der Waals surface area contributed by atoms with Crippen LogP contribution in [0, 0.1) is 6.92 Å². The minimum absolute atomic E-state index is 0.127. The van der Waals surface area contributed by atoms with E-state index in [-0.39, 0.29) is 5.91 Å². The Morgan fingerprint density at radius 1 is 1.38 bits per heavy atom. The summed E-state index contributed by atoms with van der Waals surface area (Å²) in [5.41, 5.74) is 0.575. The molecule has 21 heavy (non-hydrogen) atoms. The minimum Gasteiger partial charge on any atom is -0.491 e. The number of aryl methyl sites for hydroxylation is 1. The zero-order valence-corrected chi connectivity index (χ0v) is 12.9. The van der Waals surface area contributed by atoms with Crippen LogP contribution in [0.4, 0.5) is 0 Å². The molecule has 0 aliphatic rings. The van der Waals surface area contributed by atoms with Gasteiger partial charge in [0, 0.05) is 23.7 Å². The van der Waals surface area contributed by atoms with Gasteiger partial charge in [0.15, 0.2) is 0 Å². The summed E-state index contributed by atoms with van der Waals surface area (Å²) in [5.74, 6) is 0.534. The first-order valence-corrected chi connectivity index (χ1v) is 7.42. The zero-order valence-electron chi connectivity index (χ0n) is 12.1. The largest absolute Gasteiger partial charge is 0.491 e. The zero-order chi connectivity index (χ0) is 15.1. The molecular formula is C15H18N2O3S. The summed E-state index contributed by atoms with van der Waals surface area (Å²) >= 11 is 1.58. The first kappa shape index (κ1) is 15.5. The summed E-state index contributed by atoms with van der Waals surface area (Å²) in [6.07, 6.45) is 1.78. The number of hydrogen-bond acceptors (Lipinski definition) is 5. The van der Waals surface area contributed by atoms with E-state index < -0.39 is 0 Å². The molecule has 5 nitrogen and oxygen atoms in total. The molecule has 1 heterocycles. The van der Waals surface area contributed by atoms with Crippen LogP contribution in [-0.2, 0) is 11.3 Å². The lowest BCUT2D eigenvalue weighted by atomic mass is 10.2. The highest BCUT2D eigenvalue weighted by Gasteiger charge is 2.07. The first-order valence-electron chi connectivity index (χ1n) is 6.60. The van der Waals surface area contributed by atoms with Crippen molar-refractivity contribution in [2.24, 2.45) is 0 Å². The molecule has 0 aliphatic carbocycles. The molecule has 0 fully saturated rings. The van der Waals surface area contributed by atoms with Crippen molar-refractivity contribution in [3.05, 3.63) is 45.9 Å². The van der Waals surface area contributed by atoms with Crippen LogP contribution in [0.3, 0.4) is 0 Å². The molecule has 0 saturated heterocycles. The standard InChI is InChI=1S/C15H18N2O3S/c1-11-16-9-14(21-11)10-17-15(18)12-4-3-5-13(8-12)20-7-6-19-2/h3-5,8-9H,6-7,10H2,1-2H3,(H,17,18). The van der Waals surface area contributed by atoms with Crippen molar-refractivity contribution in [1.29, 1.82) is 0 Å². The van der Waals surface area contributed by atoms with Gasteiger partial charge in [-0.3, -0.25) is 4.79 Å². The fourth-order valence-corrected chi connectivity index (χ4v) is 2.46. The molecule has 0 spiro atoms. The Morgan fingerprint density at radius 2 is 2.24 bits per heavy atom. The molecule has 1 aromatic heterocycles. The molecule has 0 bridgehead atoms. The van der Waals surface area contributed by atoms with Crippen LogP contribution in [-0.4, -0.2) is 31.2 Å². The second-order valence-corrected chi connectivity index (χ2v) is 5.72. The maximum atomic E-state index is 12.1. The lowest BCUT2D eigenvalue weighted by molar-refractivity contribution is 0.0950. The monoisotopic (exact) mass is 306 g/mol. The predicted octanol–water partition coefficient (Wildman–Crippen LogP) is 2.41. The minimum atomic E-state index is -0.127. The number of amides is 1.